The quantitative estimate of drug-likeness (QED) is 0.387. The Kier molecular flexibility index (Phi) is 8.36. The molecule has 0 heterocycles. The highest BCUT2D eigenvalue weighted by atomic mass is 35.5. The first kappa shape index (κ1) is 21.0. The number of rotatable bonds is 8. The number of thiocarbonyl (C=S) groups is 1. The molecule has 0 aliphatic carbocycles. The van der Waals surface area contributed by atoms with Crippen LogP contribution in [-0.4, -0.2) is 37.8 Å². The fourth-order valence-electron chi connectivity index (χ4n) is 2.47. The van der Waals surface area contributed by atoms with Crippen LogP contribution in [0, 0.1) is 0 Å². The predicted molar refractivity (Wildman–Crippen MR) is 116 cm³/mol. The van der Waals surface area contributed by atoms with Crippen LogP contribution < -0.4 is 15.5 Å². The lowest BCUT2D eigenvalue weighted by atomic mass is 10.2. The minimum atomic E-state index is -0.450. The van der Waals surface area contributed by atoms with Crippen LogP contribution in [0.1, 0.15) is 23.7 Å². The van der Waals surface area contributed by atoms with Crippen molar-refractivity contribution in [1.29, 1.82) is 0 Å². The Labute approximate surface area is 170 Å². The molecule has 27 heavy (non-hydrogen) atoms. The highest BCUT2D eigenvalue weighted by Crippen LogP contribution is 2.21. The van der Waals surface area contributed by atoms with Crippen molar-refractivity contribution < 1.29 is 9.53 Å². The molecule has 0 aliphatic rings. The number of nitrogens with zero attached hydrogens (tertiary/aromatic N) is 1. The fourth-order valence-corrected chi connectivity index (χ4v) is 2.89. The van der Waals surface area contributed by atoms with Crippen LogP contribution >= 0.6 is 23.8 Å². The molecule has 2 rings (SSSR count). The van der Waals surface area contributed by atoms with Crippen LogP contribution in [0.5, 0.6) is 0 Å². The van der Waals surface area contributed by atoms with E-state index in [9.17, 15) is 4.79 Å². The zero-order valence-electron chi connectivity index (χ0n) is 15.5. The van der Waals surface area contributed by atoms with E-state index < -0.39 is 5.97 Å². The second-order valence-corrected chi connectivity index (χ2v) is 6.72. The SMILES string of the molecule is CCOC(=O)c1cc(NC(=S)NCCCN(C)c2ccccc2)ccc1Cl. The average molecular weight is 406 g/mol. The van der Waals surface area contributed by atoms with Gasteiger partial charge in [-0.05, 0) is 55.9 Å². The van der Waals surface area contributed by atoms with Gasteiger partial charge in [0.1, 0.15) is 0 Å². The number of ether oxygens (including phenoxy) is 1. The summed E-state index contributed by atoms with van der Waals surface area (Å²) in [4.78, 5) is 14.1. The van der Waals surface area contributed by atoms with E-state index in [0.29, 0.717) is 28.0 Å². The molecule has 5 nitrogen and oxygen atoms in total. The summed E-state index contributed by atoms with van der Waals surface area (Å²) in [6.45, 7) is 3.70. The highest BCUT2D eigenvalue weighted by Gasteiger charge is 2.12. The van der Waals surface area contributed by atoms with E-state index in [1.54, 1.807) is 25.1 Å². The molecule has 0 amide bonds. The molecule has 2 N–H and O–H groups in total. The molecule has 0 spiro atoms. The Bertz CT molecular complexity index is 771. The number of carbonyl (C=O) groups excluding carboxylic acids is 1. The summed E-state index contributed by atoms with van der Waals surface area (Å²) < 4.78 is 5.00. The van der Waals surface area contributed by atoms with Crippen molar-refractivity contribution in [3.8, 4) is 0 Å². The summed E-state index contributed by atoms with van der Waals surface area (Å²) in [5.74, 6) is -0.450. The van der Waals surface area contributed by atoms with Gasteiger partial charge >= 0.3 is 5.97 Å². The van der Waals surface area contributed by atoms with Gasteiger partial charge in [-0.15, -0.1) is 0 Å². The average Bonchev–Trinajstić information content (AvgIpc) is 2.67. The van der Waals surface area contributed by atoms with Crippen molar-refractivity contribution in [1.82, 2.24) is 5.32 Å². The van der Waals surface area contributed by atoms with Gasteiger partial charge in [0.15, 0.2) is 5.11 Å². The third-order valence-electron chi connectivity index (χ3n) is 3.87. The number of para-hydroxylation sites is 1. The van der Waals surface area contributed by atoms with Gasteiger partial charge in [0.25, 0.3) is 0 Å². The van der Waals surface area contributed by atoms with Gasteiger partial charge in [-0.3, -0.25) is 0 Å². The Morgan fingerprint density at radius 2 is 1.96 bits per heavy atom. The summed E-state index contributed by atoms with van der Waals surface area (Å²) in [5, 5.41) is 7.08. The van der Waals surface area contributed by atoms with Gasteiger partial charge in [0.05, 0.1) is 17.2 Å². The van der Waals surface area contributed by atoms with Crippen molar-refractivity contribution in [2.45, 2.75) is 13.3 Å². The van der Waals surface area contributed by atoms with Crippen LogP contribution in [0.25, 0.3) is 0 Å². The molecule has 2 aromatic rings. The number of hydrogen-bond donors (Lipinski definition) is 2. The number of halogens is 1. The maximum Gasteiger partial charge on any atom is 0.339 e. The molecule has 2 aromatic carbocycles. The Balaban J connectivity index is 1.79. The van der Waals surface area contributed by atoms with Crippen molar-refractivity contribution in [2.75, 3.05) is 37.0 Å². The van der Waals surface area contributed by atoms with Gasteiger partial charge in [0.2, 0.25) is 0 Å². The maximum atomic E-state index is 11.9. The molecule has 0 atom stereocenters. The fraction of sp³-hybridized carbons (Fsp3) is 0.300. The molecule has 0 unspecified atom stereocenters. The topological polar surface area (TPSA) is 53.6 Å². The van der Waals surface area contributed by atoms with E-state index >= 15 is 0 Å². The lowest BCUT2D eigenvalue weighted by Crippen LogP contribution is -2.31. The monoisotopic (exact) mass is 405 g/mol. The first-order valence-electron chi connectivity index (χ1n) is 8.79. The Morgan fingerprint density at radius 1 is 1.22 bits per heavy atom. The molecule has 144 valence electrons. The minimum Gasteiger partial charge on any atom is -0.462 e. The van der Waals surface area contributed by atoms with Crippen LogP contribution in [0.4, 0.5) is 11.4 Å². The molecule has 0 aromatic heterocycles. The number of carbonyl (C=O) groups is 1. The first-order valence-corrected chi connectivity index (χ1v) is 9.57. The normalized spacial score (nSPS) is 10.2. The van der Waals surface area contributed by atoms with Crippen molar-refractivity contribution in [3.05, 3.63) is 59.1 Å². The van der Waals surface area contributed by atoms with E-state index in [4.69, 9.17) is 28.6 Å². The molecule has 0 radical (unpaired) electrons. The summed E-state index contributed by atoms with van der Waals surface area (Å²) in [6, 6.07) is 15.3. The zero-order valence-corrected chi connectivity index (χ0v) is 17.1. The summed E-state index contributed by atoms with van der Waals surface area (Å²) in [7, 11) is 2.07. The third-order valence-corrected chi connectivity index (χ3v) is 4.45. The van der Waals surface area contributed by atoms with Gasteiger partial charge in [-0.1, -0.05) is 29.8 Å². The van der Waals surface area contributed by atoms with E-state index in [2.05, 4.69) is 34.7 Å². The molecule has 0 bridgehead atoms. The molecule has 0 aliphatic heterocycles. The number of nitrogens with one attached hydrogen (secondary N) is 2. The highest BCUT2D eigenvalue weighted by molar-refractivity contribution is 7.80. The molecular formula is C20H24ClN3O2S. The largest absolute Gasteiger partial charge is 0.462 e. The Hall–Kier alpha value is -2.31. The van der Waals surface area contributed by atoms with E-state index in [1.807, 2.05) is 18.2 Å². The van der Waals surface area contributed by atoms with Gasteiger partial charge in [0, 0.05) is 31.5 Å². The second-order valence-electron chi connectivity index (χ2n) is 5.91. The van der Waals surface area contributed by atoms with Gasteiger partial charge in [-0.25, -0.2) is 4.79 Å². The van der Waals surface area contributed by atoms with Gasteiger partial charge in [-0.2, -0.15) is 0 Å². The lowest BCUT2D eigenvalue weighted by Gasteiger charge is -2.19. The molecule has 0 fully saturated rings. The number of hydrogen-bond acceptors (Lipinski definition) is 4. The van der Waals surface area contributed by atoms with Crippen molar-refractivity contribution >= 4 is 46.3 Å². The molecule has 0 saturated carbocycles. The molecule has 7 heteroatoms. The smallest absolute Gasteiger partial charge is 0.339 e. The maximum absolute atomic E-state index is 11.9. The van der Waals surface area contributed by atoms with Crippen molar-refractivity contribution in [3.63, 3.8) is 0 Å². The molecular weight excluding hydrogens is 382 g/mol. The summed E-state index contributed by atoms with van der Waals surface area (Å²) in [6.07, 6.45) is 0.932. The zero-order chi connectivity index (χ0) is 19.6. The lowest BCUT2D eigenvalue weighted by molar-refractivity contribution is 0.0526. The minimum absolute atomic E-state index is 0.296. The van der Waals surface area contributed by atoms with Crippen LogP contribution in [-0.2, 0) is 4.74 Å². The van der Waals surface area contributed by atoms with E-state index in [1.165, 1.54) is 5.69 Å². The number of anilines is 2. The predicted octanol–water partition coefficient (Wildman–Crippen LogP) is 4.33. The summed E-state index contributed by atoms with van der Waals surface area (Å²) in [5.41, 5.74) is 2.18. The van der Waals surface area contributed by atoms with E-state index in [0.717, 1.165) is 19.5 Å². The molecule has 0 saturated heterocycles. The van der Waals surface area contributed by atoms with Crippen LogP contribution in [0.2, 0.25) is 5.02 Å². The van der Waals surface area contributed by atoms with Gasteiger partial charge < -0.3 is 20.3 Å². The summed E-state index contributed by atoms with van der Waals surface area (Å²) >= 11 is 11.4. The number of esters is 1. The van der Waals surface area contributed by atoms with Crippen LogP contribution in [0.15, 0.2) is 48.5 Å². The van der Waals surface area contributed by atoms with E-state index in [-0.39, 0.29) is 0 Å². The van der Waals surface area contributed by atoms with Crippen LogP contribution in [0.3, 0.4) is 0 Å². The van der Waals surface area contributed by atoms with Crippen molar-refractivity contribution in [2.24, 2.45) is 0 Å². The number of benzene rings is 2. The first-order chi connectivity index (χ1) is 13.0. The Morgan fingerprint density at radius 3 is 2.67 bits per heavy atom. The second kappa shape index (κ2) is 10.7. The third kappa shape index (κ3) is 6.73. The standard InChI is InChI=1S/C20H24ClN3O2S/c1-3-26-19(25)17-14-15(10-11-18(17)21)23-20(27)22-12-7-13-24(2)16-8-5-4-6-9-16/h4-6,8-11,14H,3,7,12-13H2,1-2H3,(H2,22,23,27).